The molecule has 0 saturated carbocycles. The first-order valence-electron chi connectivity index (χ1n) is 14.3. The molecular formula is C27H59NO5PS+. The standard InChI is InChI=1S/C27H58NO5PS/c1-6-8-9-10-11-12-13-14-15-16-17-18-19-20-21-24-35-26-27(31-7-2)25-33-34(29,30)32-23-22-28(3,4)5/h27H,6-26H2,1-5H3/p+1. The van der Waals surface area contributed by atoms with Crippen molar-refractivity contribution in [1.29, 1.82) is 0 Å². The highest BCUT2D eigenvalue weighted by molar-refractivity contribution is 7.99. The number of hydrogen-bond acceptors (Lipinski definition) is 5. The molecule has 6 nitrogen and oxygen atoms in total. The molecule has 8 heteroatoms. The first-order valence-corrected chi connectivity index (χ1v) is 17.0. The van der Waals surface area contributed by atoms with Crippen LogP contribution in [0.4, 0.5) is 0 Å². The van der Waals surface area contributed by atoms with E-state index in [2.05, 4.69) is 6.92 Å². The average molecular weight is 541 g/mol. The van der Waals surface area contributed by atoms with Gasteiger partial charge in [0.2, 0.25) is 0 Å². The number of unbranched alkanes of at least 4 members (excludes halogenated alkanes) is 14. The Morgan fingerprint density at radius 3 is 1.71 bits per heavy atom. The van der Waals surface area contributed by atoms with Gasteiger partial charge in [0.25, 0.3) is 0 Å². The van der Waals surface area contributed by atoms with Gasteiger partial charge in [-0.15, -0.1) is 0 Å². The molecule has 0 aliphatic rings. The zero-order chi connectivity index (χ0) is 26.3. The number of hydrogen-bond donors (Lipinski definition) is 1. The monoisotopic (exact) mass is 540 g/mol. The van der Waals surface area contributed by atoms with Crippen LogP contribution in [0.3, 0.4) is 0 Å². The maximum Gasteiger partial charge on any atom is 0.472 e. The van der Waals surface area contributed by atoms with Crippen molar-refractivity contribution in [2.75, 3.05) is 59.0 Å². The lowest BCUT2D eigenvalue weighted by Gasteiger charge is -2.24. The second-order valence-electron chi connectivity index (χ2n) is 10.7. The minimum Gasteiger partial charge on any atom is -0.375 e. The van der Waals surface area contributed by atoms with Crippen molar-refractivity contribution in [1.82, 2.24) is 0 Å². The van der Waals surface area contributed by atoms with Crippen molar-refractivity contribution >= 4 is 19.6 Å². The number of phosphoric acid groups is 1. The van der Waals surface area contributed by atoms with E-state index in [0.29, 0.717) is 17.6 Å². The maximum absolute atomic E-state index is 12.1. The molecule has 2 atom stereocenters. The third kappa shape index (κ3) is 27.2. The summed E-state index contributed by atoms with van der Waals surface area (Å²) in [6.07, 6.45) is 20.5. The topological polar surface area (TPSA) is 65.0 Å². The van der Waals surface area contributed by atoms with Crippen LogP contribution in [0.25, 0.3) is 0 Å². The first kappa shape index (κ1) is 35.4. The number of quaternary nitrogens is 1. The van der Waals surface area contributed by atoms with Crippen LogP contribution in [0.15, 0.2) is 0 Å². The van der Waals surface area contributed by atoms with Gasteiger partial charge in [-0.05, 0) is 19.1 Å². The maximum atomic E-state index is 12.1. The number of nitrogens with zero attached hydrogens (tertiary/aromatic N) is 1. The van der Waals surface area contributed by atoms with E-state index in [1.807, 2.05) is 39.8 Å². The fourth-order valence-electron chi connectivity index (χ4n) is 3.81. The van der Waals surface area contributed by atoms with Crippen LogP contribution in [-0.2, 0) is 18.3 Å². The zero-order valence-corrected chi connectivity index (χ0v) is 25.5. The summed E-state index contributed by atoms with van der Waals surface area (Å²) >= 11 is 1.84. The molecule has 0 saturated heterocycles. The van der Waals surface area contributed by atoms with E-state index in [1.165, 1.54) is 96.3 Å². The predicted molar refractivity (Wildman–Crippen MR) is 152 cm³/mol. The van der Waals surface area contributed by atoms with E-state index >= 15 is 0 Å². The number of likely N-dealkylation sites (N-methyl/N-ethyl adjacent to an activating group) is 1. The third-order valence-electron chi connectivity index (χ3n) is 6.04. The van der Waals surface area contributed by atoms with Crippen LogP contribution in [0.5, 0.6) is 0 Å². The molecule has 0 bridgehead atoms. The molecule has 0 aliphatic heterocycles. The van der Waals surface area contributed by atoms with Crippen molar-refractivity contribution < 1.29 is 27.7 Å². The van der Waals surface area contributed by atoms with Crippen molar-refractivity contribution in [3.05, 3.63) is 0 Å². The Labute approximate surface area is 222 Å². The van der Waals surface area contributed by atoms with Crippen LogP contribution in [0.1, 0.15) is 110 Å². The largest absolute Gasteiger partial charge is 0.472 e. The van der Waals surface area contributed by atoms with Gasteiger partial charge < -0.3 is 14.1 Å². The highest BCUT2D eigenvalue weighted by Crippen LogP contribution is 2.43. The molecule has 0 aliphatic carbocycles. The third-order valence-corrected chi connectivity index (χ3v) is 8.21. The molecule has 212 valence electrons. The van der Waals surface area contributed by atoms with Gasteiger partial charge in [0, 0.05) is 12.4 Å². The van der Waals surface area contributed by atoms with Gasteiger partial charge in [0.1, 0.15) is 13.2 Å². The van der Waals surface area contributed by atoms with Gasteiger partial charge in [-0.1, -0.05) is 96.8 Å². The van der Waals surface area contributed by atoms with Crippen molar-refractivity contribution in [2.24, 2.45) is 0 Å². The van der Waals surface area contributed by atoms with Gasteiger partial charge in [-0.2, -0.15) is 11.8 Å². The van der Waals surface area contributed by atoms with Crippen LogP contribution in [0.2, 0.25) is 0 Å². The minimum absolute atomic E-state index is 0.0812. The van der Waals surface area contributed by atoms with Gasteiger partial charge in [0.15, 0.2) is 0 Å². The van der Waals surface area contributed by atoms with Crippen molar-refractivity contribution in [3.63, 3.8) is 0 Å². The first-order chi connectivity index (χ1) is 16.7. The summed E-state index contributed by atoms with van der Waals surface area (Å²) in [7, 11) is 1.99. The predicted octanol–water partition coefficient (Wildman–Crippen LogP) is 7.84. The molecule has 0 amide bonds. The van der Waals surface area contributed by atoms with E-state index in [0.717, 1.165) is 11.5 Å². The Balaban J connectivity index is 3.62. The smallest absolute Gasteiger partial charge is 0.375 e. The number of phosphoric ester groups is 1. The minimum atomic E-state index is -4.03. The van der Waals surface area contributed by atoms with Gasteiger partial charge in [0.05, 0.1) is 33.9 Å². The molecular weight excluding hydrogens is 481 g/mol. The van der Waals surface area contributed by atoms with E-state index < -0.39 is 7.82 Å². The Morgan fingerprint density at radius 2 is 1.26 bits per heavy atom. The molecule has 0 aromatic carbocycles. The Hall–Kier alpha value is 0.380. The number of thioether (sulfide) groups is 1. The van der Waals surface area contributed by atoms with Crippen LogP contribution in [-0.4, -0.2) is 74.5 Å². The van der Waals surface area contributed by atoms with Crippen LogP contribution >= 0.6 is 19.6 Å². The summed E-state index contributed by atoms with van der Waals surface area (Å²) in [5.41, 5.74) is 0. The number of rotatable bonds is 27. The van der Waals surface area contributed by atoms with Crippen molar-refractivity contribution in [3.8, 4) is 0 Å². The SMILES string of the molecule is CCCCCCCCCCCCCCCCCSCC(COP(=O)(O)OCC[N+](C)(C)C)OCC. The lowest BCUT2D eigenvalue weighted by molar-refractivity contribution is -0.870. The molecule has 0 spiro atoms. The molecule has 0 aromatic rings. The van der Waals surface area contributed by atoms with Crippen LogP contribution < -0.4 is 0 Å². The van der Waals surface area contributed by atoms with Crippen molar-refractivity contribution in [2.45, 2.75) is 116 Å². The molecule has 0 aromatic heterocycles. The molecule has 0 rings (SSSR count). The molecule has 0 heterocycles. The fourth-order valence-corrected chi connectivity index (χ4v) is 5.59. The summed E-state index contributed by atoms with van der Waals surface area (Å²) in [5.74, 6) is 1.87. The molecule has 0 fully saturated rings. The Morgan fingerprint density at radius 1 is 0.771 bits per heavy atom. The van der Waals surface area contributed by atoms with E-state index in [-0.39, 0.29) is 19.3 Å². The second kappa shape index (κ2) is 23.5. The van der Waals surface area contributed by atoms with E-state index in [1.54, 1.807) is 0 Å². The summed E-state index contributed by atoms with van der Waals surface area (Å²) in [4.78, 5) is 9.89. The molecule has 1 N–H and O–H groups in total. The summed E-state index contributed by atoms with van der Waals surface area (Å²) < 4.78 is 28.7. The average Bonchev–Trinajstić information content (AvgIpc) is 2.78. The molecule has 35 heavy (non-hydrogen) atoms. The zero-order valence-electron chi connectivity index (χ0n) is 23.8. The van der Waals surface area contributed by atoms with Crippen LogP contribution in [0, 0.1) is 0 Å². The number of ether oxygens (including phenoxy) is 1. The van der Waals surface area contributed by atoms with E-state index in [4.69, 9.17) is 13.8 Å². The quantitative estimate of drug-likeness (QED) is 0.0650. The lowest BCUT2D eigenvalue weighted by atomic mass is 10.0. The normalized spacial score (nSPS) is 14.8. The summed E-state index contributed by atoms with van der Waals surface area (Å²) in [6.45, 7) is 5.68. The molecule has 0 radical (unpaired) electrons. The highest BCUT2D eigenvalue weighted by Gasteiger charge is 2.24. The van der Waals surface area contributed by atoms with E-state index in [9.17, 15) is 9.46 Å². The van der Waals surface area contributed by atoms with Gasteiger partial charge in [-0.25, -0.2) is 4.57 Å². The van der Waals surface area contributed by atoms with Gasteiger partial charge in [-0.3, -0.25) is 9.05 Å². The van der Waals surface area contributed by atoms with Gasteiger partial charge >= 0.3 is 7.82 Å². The summed E-state index contributed by atoms with van der Waals surface area (Å²) in [6, 6.07) is 0. The fraction of sp³-hybridized carbons (Fsp3) is 1.00. The molecule has 2 unspecified atom stereocenters. The Bertz CT molecular complexity index is 504. The summed E-state index contributed by atoms with van der Waals surface area (Å²) in [5, 5.41) is 0. The lowest BCUT2D eigenvalue weighted by Crippen LogP contribution is -2.37. The Kier molecular flexibility index (Phi) is 23.7. The highest BCUT2D eigenvalue weighted by atomic mass is 32.2. The second-order valence-corrected chi connectivity index (χ2v) is 13.3.